The quantitative estimate of drug-likeness (QED) is 0.755. The summed E-state index contributed by atoms with van der Waals surface area (Å²) in [6.45, 7) is 10.2. The second-order valence-corrected chi connectivity index (χ2v) is 7.50. The zero-order valence-electron chi connectivity index (χ0n) is 15.3. The van der Waals surface area contributed by atoms with Crippen LogP contribution in [0.25, 0.3) is 0 Å². The maximum absolute atomic E-state index is 12.2. The first-order valence-electron chi connectivity index (χ1n) is 9.21. The number of likely N-dealkylation sites (tertiary alicyclic amines) is 1. The molecule has 0 spiro atoms. The number of hydrogen-bond donors (Lipinski definition) is 2. The van der Waals surface area contributed by atoms with Gasteiger partial charge in [0.1, 0.15) is 0 Å². The van der Waals surface area contributed by atoms with Gasteiger partial charge in [0.2, 0.25) is 0 Å². The van der Waals surface area contributed by atoms with Crippen LogP contribution < -0.4 is 5.32 Å². The van der Waals surface area contributed by atoms with E-state index in [1.165, 1.54) is 5.56 Å². The van der Waals surface area contributed by atoms with E-state index in [1.54, 1.807) is 0 Å². The van der Waals surface area contributed by atoms with Gasteiger partial charge in [-0.15, -0.1) is 0 Å². The van der Waals surface area contributed by atoms with E-state index in [9.17, 15) is 9.90 Å². The molecular formula is C20H32N2O2. The lowest BCUT2D eigenvalue weighted by Crippen LogP contribution is -2.37. The number of aliphatic hydroxyl groups excluding tert-OH is 1. The molecule has 1 aliphatic heterocycles. The smallest absolute Gasteiger partial charge is 0.251 e. The van der Waals surface area contributed by atoms with Crippen LogP contribution in [0.4, 0.5) is 0 Å². The summed E-state index contributed by atoms with van der Waals surface area (Å²) in [5, 5.41) is 12.5. The number of aliphatic hydroxyl groups is 1. The monoisotopic (exact) mass is 332 g/mol. The van der Waals surface area contributed by atoms with Crippen LogP contribution in [-0.2, 0) is 5.41 Å². The van der Waals surface area contributed by atoms with Crippen LogP contribution in [0.1, 0.15) is 62.4 Å². The Balaban J connectivity index is 1.72. The Morgan fingerprint density at radius 3 is 2.46 bits per heavy atom. The Kier molecular flexibility index (Phi) is 6.81. The number of carbonyl (C=O) groups is 1. The highest BCUT2D eigenvalue weighted by Gasteiger charge is 2.18. The molecule has 134 valence electrons. The van der Waals surface area contributed by atoms with Gasteiger partial charge < -0.3 is 15.3 Å². The predicted octanol–water partition coefficient (Wildman–Crippen LogP) is 2.95. The summed E-state index contributed by atoms with van der Waals surface area (Å²) in [6, 6.07) is 7.98. The van der Waals surface area contributed by atoms with Crippen molar-refractivity contribution < 1.29 is 9.90 Å². The lowest BCUT2D eigenvalue weighted by molar-refractivity contribution is 0.0816. The second-order valence-electron chi connectivity index (χ2n) is 7.50. The van der Waals surface area contributed by atoms with Gasteiger partial charge in [-0.3, -0.25) is 4.79 Å². The van der Waals surface area contributed by atoms with Crippen molar-refractivity contribution in [2.75, 3.05) is 26.2 Å². The van der Waals surface area contributed by atoms with Crippen molar-refractivity contribution in [1.29, 1.82) is 0 Å². The van der Waals surface area contributed by atoms with Gasteiger partial charge in [0, 0.05) is 25.2 Å². The molecule has 0 atom stereocenters. The summed E-state index contributed by atoms with van der Waals surface area (Å²) in [5.41, 5.74) is 2.15. The molecule has 0 saturated carbocycles. The Labute approximate surface area is 146 Å². The van der Waals surface area contributed by atoms with Crippen molar-refractivity contribution in [3.8, 4) is 0 Å². The number of carbonyl (C=O) groups excluding carboxylic acids is 1. The first-order chi connectivity index (χ1) is 11.4. The van der Waals surface area contributed by atoms with Crippen LogP contribution in [0.3, 0.4) is 0 Å². The Hall–Kier alpha value is -1.39. The molecule has 0 unspecified atom stereocenters. The zero-order chi connectivity index (χ0) is 17.6. The Morgan fingerprint density at radius 2 is 1.88 bits per heavy atom. The molecule has 4 heteroatoms. The van der Waals surface area contributed by atoms with E-state index in [0.717, 1.165) is 50.9 Å². The molecule has 1 amide bonds. The van der Waals surface area contributed by atoms with Crippen molar-refractivity contribution in [2.45, 2.75) is 58.0 Å². The predicted molar refractivity (Wildman–Crippen MR) is 98.4 cm³/mol. The second kappa shape index (κ2) is 8.63. The highest BCUT2D eigenvalue weighted by molar-refractivity contribution is 5.94. The highest BCUT2D eigenvalue weighted by atomic mass is 16.3. The number of nitrogens with zero attached hydrogens (tertiary/aromatic N) is 1. The number of benzene rings is 1. The maximum atomic E-state index is 12.2. The average molecular weight is 332 g/mol. The normalized spacial score (nSPS) is 17.0. The van der Waals surface area contributed by atoms with E-state index in [0.29, 0.717) is 6.54 Å². The minimum atomic E-state index is -0.124. The molecular weight excluding hydrogens is 300 g/mol. The summed E-state index contributed by atoms with van der Waals surface area (Å²) < 4.78 is 0. The largest absolute Gasteiger partial charge is 0.393 e. The standard InChI is InChI=1S/C20H32N2O2/c1-4-20(2,3)17-8-6-16(7-9-17)19(24)21-12-5-13-22-14-10-18(23)11-15-22/h6-9,18,23H,4-5,10-15H2,1-3H3,(H,21,24). The summed E-state index contributed by atoms with van der Waals surface area (Å²) in [6.07, 6.45) is 3.63. The van der Waals surface area contributed by atoms with Crippen molar-refractivity contribution in [3.63, 3.8) is 0 Å². The Bertz CT molecular complexity index is 517. The summed E-state index contributed by atoms with van der Waals surface area (Å²) >= 11 is 0. The van der Waals surface area contributed by atoms with Crippen LogP contribution in [0.15, 0.2) is 24.3 Å². The van der Waals surface area contributed by atoms with E-state index in [2.05, 4.69) is 43.1 Å². The van der Waals surface area contributed by atoms with Gasteiger partial charge in [-0.2, -0.15) is 0 Å². The fourth-order valence-electron chi connectivity index (χ4n) is 3.03. The van der Waals surface area contributed by atoms with Crippen molar-refractivity contribution in [1.82, 2.24) is 10.2 Å². The number of hydrogen-bond acceptors (Lipinski definition) is 3. The van der Waals surface area contributed by atoms with Crippen LogP contribution in [0, 0.1) is 0 Å². The fourth-order valence-corrected chi connectivity index (χ4v) is 3.03. The van der Waals surface area contributed by atoms with E-state index in [4.69, 9.17) is 0 Å². The molecule has 1 aliphatic rings. The minimum Gasteiger partial charge on any atom is -0.393 e. The zero-order valence-corrected chi connectivity index (χ0v) is 15.3. The van der Waals surface area contributed by atoms with Gasteiger partial charge in [0.15, 0.2) is 0 Å². The molecule has 0 aliphatic carbocycles. The van der Waals surface area contributed by atoms with E-state index in [-0.39, 0.29) is 17.4 Å². The molecule has 1 heterocycles. The van der Waals surface area contributed by atoms with Crippen molar-refractivity contribution >= 4 is 5.91 Å². The average Bonchev–Trinajstić information content (AvgIpc) is 2.60. The van der Waals surface area contributed by atoms with Gasteiger partial charge in [-0.1, -0.05) is 32.9 Å². The van der Waals surface area contributed by atoms with Gasteiger partial charge in [-0.25, -0.2) is 0 Å². The molecule has 4 nitrogen and oxygen atoms in total. The molecule has 1 aromatic rings. The lowest BCUT2D eigenvalue weighted by Gasteiger charge is -2.29. The van der Waals surface area contributed by atoms with Crippen molar-refractivity contribution in [2.24, 2.45) is 0 Å². The van der Waals surface area contributed by atoms with Gasteiger partial charge in [0.25, 0.3) is 5.91 Å². The van der Waals surface area contributed by atoms with Crippen LogP contribution in [0.2, 0.25) is 0 Å². The fraction of sp³-hybridized carbons (Fsp3) is 0.650. The highest BCUT2D eigenvalue weighted by Crippen LogP contribution is 2.26. The number of piperidine rings is 1. The summed E-state index contributed by atoms with van der Waals surface area (Å²) in [4.78, 5) is 14.6. The molecule has 0 aromatic heterocycles. The van der Waals surface area contributed by atoms with Gasteiger partial charge in [-0.05, 0) is 55.3 Å². The molecule has 2 rings (SSSR count). The SMILES string of the molecule is CCC(C)(C)c1ccc(C(=O)NCCCN2CCC(O)CC2)cc1. The summed E-state index contributed by atoms with van der Waals surface area (Å²) in [7, 11) is 0. The molecule has 1 aromatic carbocycles. The third-order valence-corrected chi connectivity index (χ3v) is 5.31. The van der Waals surface area contributed by atoms with Crippen molar-refractivity contribution in [3.05, 3.63) is 35.4 Å². The first kappa shape index (κ1) is 18.9. The van der Waals surface area contributed by atoms with E-state index >= 15 is 0 Å². The van der Waals surface area contributed by atoms with Crippen LogP contribution in [-0.4, -0.2) is 48.2 Å². The first-order valence-corrected chi connectivity index (χ1v) is 9.21. The van der Waals surface area contributed by atoms with E-state index < -0.39 is 0 Å². The molecule has 0 radical (unpaired) electrons. The number of rotatable bonds is 7. The molecule has 1 saturated heterocycles. The molecule has 1 fully saturated rings. The third kappa shape index (κ3) is 5.32. The molecule has 2 N–H and O–H groups in total. The lowest BCUT2D eigenvalue weighted by atomic mass is 9.82. The summed E-state index contributed by atoms with van der Waals surface area (Å²) in [5.74, 6) is 0.00456. The van der Waals surface area contributed by atoms with Crippen LogP contribution >= 0.6 is 0 Å². The van der Waals surface area contributed by atoms with Gasteiger partial charge >= 0.3 is 0 Å². The minimum absolute atomic E-state index is 0.00456. The van der Waals surface area contributed by atoms with Crippen LogP contribution in [0.5, 0.6) is 0 Å². The Morgan fingerprint density at radius 1 is 1.25 bits per heavy atom. The number of amides is 1. The maximum Gasteiger partial charge on any atom is 0.251 e. The van der Waals surface area contributed by atoms with E-state index in [1.807, 2.05) is 12.1 Å². The topological polar surface area (TPSA) is 52.6 Å². The van der Waals surface area contributed by atoms with Gasteiger partial charge in [0.05, 0.1) is 6.10 Å². The molecule has 0 bridgehead atoms. The third-order valence-electron chi connectivity index (χ3n) is 5.31. The number of nitrogens with one attached hydrogen (secondary N) is 1. The molecule has 24 heavy (non-hydrogen) atoms.